The maximum absolute atomic E-state index is 12.7. The first-order valence-corrected chi connectivity index (χ1v) is 23.8. The predicted octanol–water partition coefficient (Wildman–Crippen LogP) is 15.3. The number of hydrogen-bond acceptors (Lipinski definition) is 6. The highest BCUT2D eigenvalue weighted by Gasteiger charge is 2.19. The van der Waals surface area contributed by atoms with E-state index in [0.717, 1.165) is 64.2 Å². The first-order chi connectivity index (χ1) is 28.0. The summed E-state index contributed by atoms with van der Waals surface area (Å²) in [6.45, 7) is 6.42. The molecule has 0 amide bonds. The van der Waals surface area contributed by atoms with Gasteiger partial charge in [-0.05, 0) is 70.6 Å². The Morgan fingerprint density at radius 3 is 1.14 bits per heavy atom. The van der Waals surface area contributed by atoms with Crippen LogP contribution < -0.4 is 0 Å². The molecule has 0 rings (SSSR count). The van der Waals surface area contributed by atoms with Gasteiger partial charge in [0.05, 0.1) is 0 Å². The van der Waals surface area contributed by atoms with Crippen LogP contribution in [0.1, 0.15) is 226 Å². The van der Waals surface area contributed by atoms with Gasteiger partial charge in [-0.1, -0.05) is 197 Å². The lowest BCUT2D eigenvalue weighted by Crippen LogP contribution is -2.30. The van der Waals surface area contributed by atoms with E-state index in [0.29, 0.717) is 19.3 Å². The summed E-state index contributed by atoms with van der Waals surface area (Å²) in [6.07, 6.45) is 55.1. The molecule has 0 fully saturated rings. The SMILES string of the molecule is CC/C=C\C/C=C\C/C=C\C/C=C\CCC(=O)OC(COC(=O)CCCCCCCCC/C=C\CCCCCCCC)COC(=O)CCCCCCCCCCC. The molecule has 0 heterocycles. The fourth-order valence-electron chi connectivity index (χ4n) is 6.45. The molecular formula is C51H88O6. The van der Waals surface area contributed by atoms with Gasteiger partial charge in [0, 0.05) is 19.3 Å². The quantitative estimate of drug-likeness (QED) is 0.0265. The lowest BCUT2D eigenvalue weighted by atomic mass is 10.1. The van der Waals surface area contributed by atoms with Gasteiger partial charge < -0.3 is 14.2 Å². The lowest BCUT2D eigenvalue weighted by Gasteiger charge is -2.18. The average Bonchev–Trinajstić information content (AvgIpc) is 3.21. The van der Waals surface area contributed by atoms with Crippen LogP contribution in [-0.4, -0.2) is 37.2 Å². The van der Waals surface area contributed by atoms with Gasteiger partial charge in [-0.3, -0.25) is 14.4 Å². The molecule has 0 N–H and O–H groups in total. The van der Waals surface area contributed by atoms with E-state index in [1.54, 1.807) is 0 Å². The second-order valence-corrected chi connectivity index (χ2v) is 15.6. The number of carbonyl (C=O) groups is 3. The van der Waals surface area contributed by atoms with Crippen molar-refractivity contribution < 1.29 is 28.6 Å². The molecule has 0 bridgehead atoms. The molecule has 328 valence electrons. The minimum absolute atomic E-state index is 0.103. The van der Waals surface area contributed by atoms with Crippen molar-refractivity contribution in [1.29, 1.82) is 0 Å². The standard InChI is InChI=1S/C51H88O6/c1-4-7-10-13-16-19-21-23-24-25-26-28-29-32-35-38-41-44-50(53)56-47-48(46-55-49(52)43-40-37-34-31-18-15-12-9-6-3)57-51(54)45-42-39-36-33-30-27-22-20-17-14-11-8-5-2/h8,11,17,20,23-24,27,30,36,39,48H,4-7,9-10,12-16,18-19,21-22,25-26,28-29,31-35,37-38,40-47H2,1-3H3/b11-8-,20-17-,24-23-,30-27-,39-36-. The zero-order valence-electron chi connectivity index (χ0n) is 37.3. The molecule has 0 aliphatic heterocycles. The molecule has 0 aromatic carbocycles. The largest absolute Gasteiger partial charge is 0.462 e. The van der Waals surface area contributed by atoms with E-state index < -0.39 is 12.1 Å². The van der Waals surface area contributed by atoms with E-state index in [4.69, 9.17) is 14.2 Å². The molecule has 0 saturated heterocycles. The number of hydrogen-bond donors (Lipinski definition) is 0. The third-order valence-electron chi connectivity index (χ3n) is 10.0. The molecule has 1 unspecified atom stereocenters. The minimum atomic E-state index is -0.809. The lowest BCUT2D eigenvalue weighted by molar-refractivity contribution is -0.166. The van der Waals surface area contributed by atoms with Gasteiger partial charge in [0.15, 0.2) is 6.10 Å². The zero-order valence-corrected chi connectivity index (χ0v) is 37.3. The fourth-order valence-corrected chi connectivity index (χ4v) is 6.45. The monoisotopic (exact) mass is 797 g/mol. The van der Waals surface area contributed by atoms with Crippen LogP contribution in [0.25, 0.3) is 0 Å². The van der Waals surface area contributed by atoms with Gasteiger partial charge in [-0.15, -0.1) is 0 Å². The van der Waals surface area contributed by atoms with E-state index in [2.05, 4.69) is 69.4 Å². The summed E-state index contributed by atoms with van der Waals surface area (Å²) < 4.78 is 16.6. The van der Waals surface area contributed by atoms with Crippen LogP contribution in [0.3, 0.4) is 0 Å². The van der Waals surface area contributed by atoms with Crippen LogP contribution in [0, 0.1) is 0 Å². The van der Waals surface area contributed by atoms with E-state index in [9.17, 15) is 14.4 Å². The first-order valence-electron chi connectivity index (χ1n) is 23.8. The van der Waals surface area contributed by atoms with Gasteiger partial charge in [0.25, 0.3) is 0 Å². The van der Waals surface area contributed by atoms with Gasteiger partial charge >= 0.3 is 17.9 Å². The summed E-state index contributed by atoms with van der Waals surface area (Å²) in [6, 6.07) is 0. The Bertz CT molecular complexity index is 1050. The van der Waals surface area contributed by atoms with Crippen LogP contribution in [-0.2, 0) is 28.6 Å². The second kappa shape index (κ2) is 45.8. The highest BCUT2D eigenvalue weighted by molar-refractivity contribution is 5.71. The second-order valence-electron chi connectivity index (χ2n) is 15.6. The Labute approximate surface area is 351 Å². The van der Waals surface area contributed by atoms with Crippen molar-refractivity contribution in [2.45, 2.75) is 232 Å². The molecule has 1 atom stereocenters. The molecule has 57 heavy (non-hydrogen) atoms. The Morgan fingerprint density at radius 1 is 0.368 bits per heavy atom. The summed E-state index contributed by atoms with van der Waals surface area (Å²) in [5.41, 5.74) is 0. The van der Waals surface area contributed by atoms with Crippen molar-refractivity contribution in [3.05, 3.63) is 60.8 Å². The van der Waals surface area contributed by atoms with Crippen LogP contribution >= 0.6 is 0 Å². The highest BCUT2D eigenvalue weighted by atomic mass is 16.6. The number of unbranched alkanes of at least 4 members (excludes halogenated alkanes) is 21. The molecule has 0 aliphatic rings. The van der Waals surface area contributed by atoms with Gasteiger partial charge in [-0.25, -0.2) is 0 Å². The fraction of sp³-hybridized carbons (Fsp3) is 0.745. The summed E-state index contributed by atoms with van der Waals surface area (Å²) in [7, 11) is 0. The first kappa shape index (κ1) is 54.1. The number of carbonyl (C=O) groups excluding carboxylic acids is 3. The van der Waals surface area contributed by atoms with Crippen molar-refractivity contribution in [3.8, 4) is 0 Å². The topological polar surface area (TPSA) is 78.9 Å². The van der Waals surface area contributed by atoms with Crippen molar-refractivity contribution in [1.82, 2.24) is 0 Å². The summed E-state index contributed by atoms with van der Waals surface area (Å²) in [4.78, 5) is 37.7. The number of esters is 3. The molecule has 0 aromatic heterocycles. The van der Waals surface area contributed by atoms with Crippen LogP contribution in [0.5, 0.6) is 0 Å². The highest BCUT2D eigenvalue weighted by Crippen LogP contribution is 2.14. The number of ether oxygens (including phenoxy) is 3. The minimum Gasteiger partial charge on any atom is -0.462 e. The Hall–Kier alpha value is -2.89. The smallest absolute Gasteiger partial charge is 0.306 e. The molecule has 0 aromatic rings. The third-order valence-corrected chi connectivity index (χ3v) is 10.0. The number of allylic oxidation sites excluding steroid dienone is 10. The van der Waals surface area contributed by atoms with Crippen molar-refractivity contribution >= 4 is 17.9 Å². The Balaban J connectivity index is 4.41. The molecule has 0 radical (unpaired) electrons. The Kier molecular flexibility index (Phi) is 43.5. The van der Waals surface area contributed by atoms with Crippen LogP contribution in [0.15, 0.2) is 60.8 Å². The molecule has 6 heteroatoms. The van der Waals surface area contributed by atoms with E-state index in [1.807, 2.05) is 12.2 Å². The zero-order chi connectivity index (χ0) is 41.5. The average molecular weight is 797 g/mol. The molecule has 0 spiro atoms. The Morgan fingerprint density at radius 2 is 0.719 bits per heavy atom. The predicted molar refractivity (Wildman–Crippen MR) is 242 cm³/mol. The molecule has 0 aliphatic carbocycles. The normalized spacial score (nSPS) is 12.5. The molecule has 6 nitrogen and oxygen atoms in total. The summed E-state index contributed by atoms with van der Waals surface area (Å²) in [5.74, 6) is -0.993. The maximum atomic E-state index is 12.7. The maximum Gasteiger partial charge on any atom is 0.306 e. The number of rotatable bonds is 42. The third kappa shape index (κ3) is 44.1. The van der Waals surface area contributed by atoms with E-state index in [-0.39, 0.29) is 31.6 Å². The molecule has 0 saturated carbocycles. The van der Waals surface area contributed by atoms with Crippen molar-refractivity contribution in [2.24, 2.45) is 0 Å². The van der Waals surface area contributed by atoms with Crippen molar-refractivity contribution in [3.63, 3.8) is 0 Å². The van der Waals surface area contributed by atoms with Crippen LogP contribution in [0.2, 0.25) is 0 Å². The van der Waals surface area contributed by atoms with Gasteiger partial charge in [0.1, 0.15) is 13.2 Å². The summed E-state index contributed by atoms with van der Waals surface area (Å²) in [5, 5.41) is 0. The van der Waals surface area contributed by atoms with Gasteiger partial charge in [-0.2, -0.15) is 0 Å². The van der Waals surface area contributed by atoms with Crippen molar-refractivity contribution in [2.75, 3.05) is 13.2 Å². The van der Waals surface area contributed by atoms with E-state index in [1.165, 1.54) is 116 Å². The summed E-state index contributed by atoms with van der Waals surface area (Å²) >= 11 is 0. The van der Waals surface area contributed by atoms with Crippen LogP contribution in [0.4, 0.5) is 0 Å². The molecular weight excluding hydrogens is 709 g/mol. The van der Waals surface area contributed by atoms with E-state index >= 15 is 0 Å². The van der Waals surface area contributed by atoms with Gasteiger partial charge in [0.2, 0.25) is 0 Å².